The molecule has 3 atom stereocenters. The zero-order valence-electron chi connectivity index (χ0n) is 22.8. The predicted octanol–water partition coefficient (Wildman–Crippen LogP) is 5.35. The molecule has 202 valence electrons. The number of carboxylic acid groups (broad SMARTS) is 1. The van der Waals surface area contributed by atoms with Crippen molar-refractivity contribution in [3.05, 3.63) is 70.2 Å². The number of methoxy groups -OCH3 is 1. The molecule has 0 saturated carbocycles. The lowest BCUT2D eigenvalue weighted by Crippen LogP contribution is -2.56. The fourth-order valence-electron chi connectivity index (χ4n) is 5.74. The minimum atomic E-state index is -1.40. The summed E-state index contributed by atoms with van der Waals surface area (Å²) in [7, 11) is 1.59. The van der Waals surface area contributed by atoms with E-state index in [1.54, 1.807) is 54.4 Å². The zero-order valence-corrected chi connectivity index (χ0v) is 23.7. The quantitative estimate of drug-likeness (QED) is 0.414. The highest BCUT2D eigenvalue weighted by atomic mass is 32.1. The van der Waals surface area contributed by atoms with E-state index in [0.717, 1.165) is 10.4 Å². The lowest BCUT2D eigenvalue weighted by molar-refractivity contribution is -0.150. The molecule has 1 fully saturated rings. The Morgan fingerprint density at radius 1 is 1.21 bits per heavy atom. The summed E-state index contributed by atoms with van der Waals surface area (Å²) < 4.78 is 5.68. The van der Waals surface area contributed by atoms with Crippen molar-refractivity contribution < 1.29 is 19.4 Å². The van der Waals surface area contributed by atoms with Crippen LogP contribution in [0, 0.1) is 5.92 Å². The molecule has 9 heteroatoms. The minimum absolute atomic E-state index is 0.0452. The number of carbonyl (C=O) groups is 2. The van der Waals surface area contributed by atoms with Gasteiger partial charge in [-0.15, -0.1) is 11.3 Å². The molecule has 1 N–H and O–H groups in total. The van der Waals surface area contributed by atoms with Crippen LogP contribution >= 0.6 is 11.3 Å². The Bertz CT molecular complexity index is 1270. The molecule has 0 unspecified atom stereocenters. The number of hydrogen-bond acceptors (Lipinski definition) is 7. The maximum atomic E-state index is 14.5. The Labute approximate surface area is 228 Å². The number of rotatable bonds is 8. The van der Waals surface area contributed by atoms with Crippen LogP contribution in [-0.4, -0.2) is 55.5 Å². The van der Waals surface area contributed by atoms with Crippen LogP contribution in [0.3, 0.4) is 0 Å². The number of aliphatic carboxylic acids is 1. The third-order valence-electron chi connectivity index (χ3n) is 7.29. The minimum Gasteiger partial charge on any atom is -0.496 e. The molecule has 1 aliphatic rings. The summed E-state index contributed by atoms with van der Waals surface area (Å²) in [5.41, 5.74) is 2.23. The molecular formula is C29H36N4O4S. The van der Waals surface area contributed by atoms with Crippen LogP contribution < -0.4 is 4.74 Å². The van der Waals surface area contributed by atoms with E-state index >= 15 is 0 Å². The number of thiazole rings is 1. The molecule has 3 heterocycles. The van der Waals surface area contributed by atoms with Crippen molar-refractivity contribution in [1.82, 2.24) is 19.9 Å². The first-order valence-corrected chi connectivity index (χ1v) is 13.7. The van der Waals surface area contributed by atoms with Gasteiger partial charge in [0.05, 0.1) is 18.3 Å². The maximum Gasteiger partial charge on any atom is 0.329 e. The Kier molecular flexibility index (Phi) is 7.88. The topological polar surface area (TPSA) is 106 Å². The summed E-state index contributed by atoms with van der Waals surface area (Å²) in [5, 5.41) is 10.8. The van der Waals surface area contributed by atoms with Gasteiger partial charge in [-0.3, -0.25) is 19.7 Å². The average Bonchev–Trinajstić information content (AvgIpc) is 3.50. The summed E-state index contributed by atoms with van der Waals surface area (Å²) in [5.74, 6) is -0.979. The van der Waals surface area contributed by atoms with Crippen LogP contribution in [-0.2, 0) is 16.6 Å². The highest BCUT2D eigenvalue weighted by molar-refractivity contribution is 7.09. The van der Waals surface area contributed by atoms with Crippen molar-refractivity contribution >= 4 is 23.2 Å². The third kappa shape index (κ3) is 5.29. The molecule has 2 aromatic heterocycles. The fraction of sp³-hybridized carbons (Fsp3) is 0.483. The van der Waals surface area contributed by atoms with E-state index in [9.17, 15) is 14.7 Å². The van der Waals surface area contributed by atoms with Crippen LogP contribution in [0.15, 0.2) is 48.5 Å². The number of hydrogen-bond donors (Lipinski definition) is 1. The van der Waals surface area contributed by atoms with E-state index in [2.05, 4.69) is 35.7 Å². The zero-order chi connectivity index (χ0) is 27.7. The van der Waals surface area contributed by atoms with Crippen molar-refractivity contribution in [2.24, 2.45) is 5.92 Å². The van der Waals surface area contributed by atoms with E-state index in [1.807, 2.05) is 19.9 Å². The number of aromatic nitrogens is 3. The highest BCUT2D eigenvalue weighted by Gasteiger charge is 2.59. The van der Waals surface area contributed by atoms with E-state index in [4.69, 9.17) is 4.74 Å². The number of carbonyl (C=O) groups excluding carboxylic acids is 1. The molecule has 0 bridgehead atoms. The molecule has 1 aliphatic heterocycles. The normalized spacial score (nSPS) is 21.6. The number of carboxylic acids is 1. The fourth-order valence-corrected chi connectivity index (χ4v) is 6.39. The van der Waals surface area contributed by atoms with Gasteiger partial charge in [-0.1, -0.05) is 40.7 Å². The van der Waals surface area contributed by atoms with Gasteiger partial charge in [-0.05, 0) is 41.9 Å². The average molecular weight is 537 g/mol. The van der Waals surface area contributed by atoms with Gasteiger partial charge in [0.1, 0.15) is 11.3 Å². The molecule has 0 radical (unpaired) electrons. The smallest absolute Gasteiger partial charge is 0.329 e. The second-order valence-electron chi connectivity index (χ2n) is 11.5. The summed E-state index contributed by atoms with van der Waals surface area (Å²) in [6.07, 6.45) is 7.73. The number of ether oxygens (including phenoxy) is 1. The Balaban J connectivity index is 1.89. The van der Waals surface area contributed by atoms with Crippen LogP contribution in [0.2, 0.25) is 0 Å². The van der Waals surface area contributed by atoms with Crippen LogP contribution in [0.1, 0.15) is 79.9 Å². The van der Waals surface area contributed by atoms with E-state index in [-0.39, 0.29) is 29.6 Å². The lowest BCUT2D eigenvalue weighted by Gasteiger charge is -2.39. The van der Waals surface area contributed by atoms with E-state index < -0.39 is 17.6 Å². The van der Waals surface area contributed by atoms with Gasteiger partial charge in [0.2, 0.25) is 0 Å². The molecular weight excluding hydrogens is 500 g/mol. The Morgan fingerprint density at radius 3 is 2.53 bits per heavy atom. The summed E-state index contributed by atoms with van der Waals surface area (Å²) in [6, 6.07) is 4.99. The van der Waals surface area contributed by atoms with E-state index in [0.29, 0.717) is 29.8 Å². The van der Waals surface area contributed by atoms with Crippen LogP contribution in [0.4, 0.5) is 0 Å². The largest absolute Gasteiger partial charge is 0.496 e. The van der Waals surface area contributed by atoms with Gasteiger partial charge in [0, 0.05) is 53.6 Å². The van der Waals surface area contributed by atoms with Gasteiger partial charge in [-0.25, -0.2) is 4.79 Å². The van der Waals surface area contributed by atoms with E-state index in [1.165, 1.54) is 11.3 Å². The van der Waals surface area contributed by atoms with Gasteiger partial charge in [0.25, 0.3) is 5.91 Å². The molecule has 1 aromatic carbocycles. The lowest BCUT2D eigenvalue weighted by atomic mass is 9.82. The SMILES string of the molecule is COc1cc(C(=O)N2[C@@H](Cc3cncs3)[C@@H](c3cnccn3)C[C@@]2(CC(C)C)C(=O)O)ccc1C(C)(C)C. The molecule has 1 amide bonds. The van der Waals surface area contributed by atoms with Crippen LogP contribution in [0.25, 0.3) is 0 Å². The maximum absolute atomic E-state index is 14.5. The highest BCUT2D eigenvalue weighted by Crippen LogP contribution is 2.49. The number of nitrogens with zero attached hydrogens (tertiary/aromatic N) is 4. The second kappa shape index (κ2) is 10.8. The molecule has 3 aromatic rings. The van der Waals surface area contributed by atoms with Gasteiger partial charge in [-0.2, -0.15) is 0 Å². The summed E-state index contributed by atoms with van der Waals surface area (Å²) >= 11 is 1.50. The molecule has 1 saturated heterocycles. The Morgan fingerprint density at radius 2 is 1.97 bits per heavy atom. The Hall–Kier alpha value is -3.33. The molecule has 0 aliphatic carbocycles. The van der Waals surface area contributed by atoms with Crippen molar-refractivity contribution in [3.8, 4) is 5.75 Å². The standard InChI is InChI=1S/C29H36N4O4S/c1-18(2)13-29(27(35)36)14-21(23-16-30-9-10-32-23)24(12-20-15-31-17-38-20)33(29)26(34)19-7-8-22(28(3,4)5)25(11-19)37-6/h7-11,15-18,21,24H,12-14H2,1-6H3,(H,35,36)/t21-,24+,29+/m1/s1. The van der Waals surface area contributed by atoms with Crippen LogP contribution in [0.5, 0.6) is 5.75 Å². The number of benzene rings is 1. The summed E-state index contributed by atoms with van der Waals surface area (Å²) in [6.45, 7) is 10.2. The van der Waals surface area contributed by atoms with Crippen molar-refractivity contribution in [2.75, 3.05) is 7.11 Å². The second-order valence-corrected chi connectivity index (χ2v) is 12.4. The summed E-state index contributed by atoms with van der Waals surface area (Å²) in [4.78, 5) is 43.3. The first-order chi connectivity index (χ1) is 18.0. The van der Waals surface area contributed by atoms with Gasteiger partial charge < -0.3 is 14.7 Å². The molecule has 4 rings (SSSR count). The third-order valence-corrected chi connectivity index (χ3v) is 8.09. The van der Waals surface area contributed by atoms with Gasteiger partial charge >= 0.3 is 5.97 Å². The first-order valence-electron chi connectivity index (χ1n) is 12.9. The first kappa shape index (κ1) is 27.7. The van der Waals surface area contributed by atoms with Gasteiger partial charge in [0.15, 0.2) is 0 Å². The predicted molar refractivity (Wildman–Crippen MR) is 147 cm³/mol. The molecule has 38 heavy (non-hydrogen) atoms. The molecule has 0 spiro atoms. The monoisotopic (exact) mass is 536 g/mol. The number of amides is 1. The van der Waals surface area contributed by atoms with Crippen molar-refractivity contribution in [1.29, 1.82) is 0 Å². The van der Waals surface area contributed by atoms with Crippen molar-refractivity contribution in [2.45, 2.75) is 76.8 Å². The number of likely N-dealkylation sites (tertiary alicyclic amines) is 1. The molecule has 8 nitrogen and oxygen atoms in total. The van der Waals surface area contributed by atoms with Crippen molar-refractivity contribution in [3.63, 3.8) is 0 Å².